The zero-order valence-electron chi connectivity index (χ0n) is 10.2. The highest BCUT2D eigenvalue weighted by Gasteiger charge is 2.17. The van der Waals surface area contributed by atoms with Gasteiger partial charge < -0.3 is 4.90 Å². The maximum Gasteiger partial charge on any atom is 0.224 e. The Bertz CT molecular complexity index is 213. The third kappa shape index (κ3) is 4.77. The molecule has 86 valence electrons. The molecule has 0 radical (unpaired) electrons. The minimum absolute atomic E-state index is 0.710. The lowest BCUT2D eigenvalue weighted by Crippen LogP contribution is -2.36. The molecule has 0 aromatic heterocycles. The first-order chi connectivity index (χ1) is 7.27. The molecule has 0 unspecified atom stereocenters. The van der Waals surface area contributed by atoms with Gasteiger partial charge in [0.05, 0.1) is 0 Å². The summed E-state index contributed by atoms with van der Waals surface area (Å²) in [5.41, 5.74) is 0. The van der Waals surface area contributed by atoms with Crippen LogP contribution in [-0.2, 0) is 0 Å². The highest BCUT2D eigenvalue weighted by molar-refractivity contribution is 5.84. The first kappa shape index (κ1) is 13.9. The molecule has 1 heterocycles. The topological polar surface area (TPSA) is 28.0 Å². The first-order valence-electron chi connectivity index (χ1n) is 5.68. The van der Waals surface area contributed by atoms with Crippen LogP contribution in [0.2, 0.25) is 0 Å². The third-order valence-corrected chi connectivity index (χ3v) is 2.41. The molecule has 0 spiro atoms. The number of nitrogens with zero attached hydrogens (tertiary/aromatic N) is 3. The van der Waals surface area contributed by atoms with Crippen molar-refractivity contribution in [3.05, 3.63) is 12.8 Å². The van der Waals surface area contributed by atoms with Gasteiger partial charge in [0.1, 0.15) is 0 Å². The van der Waals surface area contributed by atoms with Crippen LogP contribution in [0.3, 0.4) is 0 Å². The molecule has 0 aliphatic carbocycles. The summed E-state index contributed by atoms with van der Waals surface area (Å²) in [6, 6.07) is 0. The lowest BCUT2D eigenvalue weighted by Gasteiger charge is -2.30. The standard InChI is InChI=1S/C10H17N3.C2H6/c1-4-12-10(11-3)13-7-5-9(2)6-8-13;1-2/h4,9H,1,3,5-8H2,2H3;1-2H3. The summed E-state index contributed by atoms with van der Waals surface area (Å²) in [4.78, 5) is 10.1. The molecule has 0 aromatic rings. The van der Waals surface area contributed by atoms with Gasteiger partial charge in [-0.2, -0.15) is 0 Å². The minimum atomic E-state index is 0.710. The monoisotopic (exact) mass is 209 g/mol. The summed E-state index contributed by atoms with van der Waals surface area (Å²) in [5.74, 6) is 1.54. The van der Waals surface area contributed by atoms with E-state index in [1.807, 2.05) is 13.8 Å². The fourth-order valence-corrected chi connectivity index (χ4v) is 1.51. The second kappa shape index (κ2) is 8.21. The highest BCUT2D eigenvalue weighted by atomic mass is 15.3. The molecular weight excluding hydrogens is 186 g/mol. The van der Waals surface area contributed by atoms with Gasteiger partial charge in [-0.15, -0.1) is 0 Å². The van der Waals surface area contributed by atoms with Gasteiger partial charge in [0.15, 0.2) is 0 Å². The number of likely N-dealkylation sites (tertiary alicyclic amines) is 1. The van der Waals surface area contributed by atoms with E-state index in [2.05, 4.69) is 35.1 Å². The summed E-state index contributed by atoms with van der Waals surface area (Å²) in [7, 11) is 0. The third-order valence-electron chi connectivity index (χ3n) is 2.41. The van der Waals surface area contributed by atoms with Crippen LogP contribution in [-0.4, -0.2) is 30.7 Å². The van der Waals surface area contributed by atoms with Gasteiger partial charge in [-0.1, -0.05) is 27.4 Å². The molecule has 0 amide bonds. The summed E-state index contributed by atoms with van der Waals surface area (Å²) in [5, 5.41) is 0. The van der Waals surface area contributed by atoms with Crippen molar-refractivity contribution in [1.29, 1.82) is 0 Å². The van der Waals surface area contributed by atoms with E-state index < -0.39 is 0 Å². The quantitative estimate of drug-likeness (QED) is 0.482. The van der Waals surface area contributed by atoms with Crippen molar-refractivity contribution in [2.75, 3.05) is 13.1 Å². The molecule has 15 heavy (non-hydrogen) atoms. The van der Waals surface area contributed by atoms with Crippen LogP contribution in [0.15, 0.2) is 22.8 Å². The molecule has 0 bridgehead atoms. The Labute approximate surface area is 93.6 Å². The van der Waals surface area contributed by atoms with Crippen LogP contribution in [0.5, 0.6) is 0 Å². The molecule has 0 aromatic carbocycles. The molecule has 1 aliphatic heterocycles. The van der Waals surface area contributed by atoms with E-state index in [9.17, 15) is 0 Å². The summed E-state index contributed by atoms with van der Waals surface area (Å²) < 4.78 is 0. The normalized spacial score (nSPS) is 17.8. The van der Waals surface area contributed by atoms with E-state index in [4.69, 9.17) is 0 Å². The Morgan fingerprint density at radius 1 is 1.33 bits per heavy atom. The predicted molar refractivity (Wildman–Crippen MR) is 68.5 cm³/mol. The lowest BCUT2D eigenvalue weighted by atomic mass is 10.00. The van der Waals surface area contributed by atoms with Gasteiger partial charge in [0.2, 0.25) is 5.96 Å². The number of aliphatic imine (C=N–C) groups is 2. The van der Waals surface area contributed by atoms with Gasteiger partial charge in [-0.25, -0.2) is 9.98 Å². The lowest BCUT2D eigenvalue weighted by molar-refractivity contribution is 0.278. The van der Waals surface area contributed by atoms with Crippen LogP contribution < -0.4 is 0 Å². The average Bonchev–Trinajstić information content (AvgIpc) is 2.30. The van der Waals surface area contributed by atoms with Crippen molar-refractivity contribution in [2.24, 2.45) is 15.9 Å². The van der Waals surface area contributed by atoms with Crippen molar-refractivity contribution in [3.63, 3.8) is 0 Å². The van der Waals surface area contributed by atoms with Gasteiger partial charge in [-0.05, 0) is 25.5 Å². The maximum atomic E-state index is 4.07. The molecule has 3 nitrogen and oxygen atoms in total. The Morgan fingerprint density at radius 2 is 1.87 bits per heavy atom. The second-order valence-electron chi connectivity index (χ2n) is 3.44. The van der Waals surface area contributed by atoms with Crippen LogP contribution in [0.1, 0.15) is 33.6 Å². The zero-order chi connectivity index (χ0) is 11.7. The van der Waals surface area contributed by atoms with Crippen LogP contribution in [0, 0.1) is 5.92 Å². The van der Waals surface area contributed by atoms with E-state index in [-0.39, 0.29) is 0 Å². The number of piperidine rings is 1. The summed E-state index contributed by atoms with van der Waals surface area (Å²) >= 11 is 0. The van der Waals surface area contributed by atoms with E-state index >= 15 is 0 Å². The second-order valence-corrected chi connectivity index (χ2v) is 3.44. The van der Waals surface area contributed by atoms with E-state index in [0.29, 0.717) is 5.96 Å². The van der Waals surface area contributed by atoms with Crippen molar-refractivity contribution < 1.29 is 0 Å². The van der Waals surface area contributed by atoms with Crippen LogP contribution in [0.25, 0.3) is 0 Å². The van der Waals surface area contributed by atoms with Gasteiger partial charge >= 0.3 is 0 Å². The van der Waals surface area contributed by atoms with E-state index in [1.54, 1.807) is 0 Å². The molecular formula is C12H23N3. The molecule has 1 fully saturated rings. The molecule has 1 rings (SSSR count). The van der Waals surface area contributed by atoms with Crippen molar-refractivity contribution in [2.45, 2.75) is 33.6 Å². The largest absolute Gasteiger partial charge is 0.341 e. The maximum absolute atomic E-state index is 4.07. The van der Waals surface area contributed by atoms with Crippen LogP contribution in [0.4, 0.5) is 0 Å². The minimum Gasteiger partial charge on any atom is -0.341 e. The fourth-order valence-electron chi connectivity index (χ4n) is 1.51. The molecule has 0 saturated carbocycles. The van der Waals surface area contributed by atoms with Gasteiger partial charge in [-0.3, -0.25) is 0 Å². The smallest absolute Gasteiger partial charge is 0.224 e. The predicted octanol–water partition coefficient (Wildman–Crippen LogP) is 2.94. The summed E-state index contributed by atoms with van der Waals surface area (Å²) in [6.07, 6.45) is 3.94. The van der Waals surface area contributed by atoms with Crippen molar-refractivity contribution in [3.8, 4) is 0 Å². The SMILES string of the molecule is C=CN=C(N=C)N1CCC(C)CC1.CC. The van der Waals surface area contributed by atoms with E-state index in [1.165, 1.54) is 19.0 Å². The Kier molecular flexibility index (Phi) is 7.60. The molecule has 3 heteroatoms. The molecule has 0 atom stereocenters. The van der Waals surface area contributed by atoms with Crippen molar-refractivity contribution >= 4 is 12.7 Å². The summed E-state index contributed by atoms with van der Waals surface area (Å²) in [6.45, 7) is 15.4. The molecule has 0 N–H and O–H groups in total. The highest BCUT2D eigenvalue weighted by Crippen LogP contribution is 2.16. The number of hydrogen-bond acceptors (Lipinski definition) is 1. The number of hydrogen-bond donors (Lipinski definition) is 0. The molecule has 1 saturated heterocycles. The number of guanidine groups is 1. The zero-order valence-corrected chi connectivity index (χ0v) is 10.2. The average molecular weight is 209 g/mol. The van der Waals surface area contributed by atoms with E-state index in [0.717, 1.165) is 19.0 Å². The Hall–Kier alpha value is -1.12. The first-order valence-corrected chi connectivity index (χ1v) is 5.68. The Morgan fingerprint density at radius 3 is 2.27 bits per heavy atom. The molecule has 1 aliphatic rings. The fraction of sp³-hybridized carbons (Fsp3) is 0.667. The van der Waals surface area contributed by atoms with Gasteiger partial charge in [0, 0.05) is 19.3 Å². The van der Waals surface area contributed by atoms with Crippen LogP contribution >= 0.6 is 0 Å². The van der Waals surface area contributed by atoms with Gasteiger partial charge in [0.25, 0.3) is 0 Å². The Balaban J connectivity index is 0.000000921. The number of rotatable bonds is 1. The van der Waals surface area contributed by atoms with Crippen molar-refractivity contribution in [1.82, 2.24) is 4.90 Å².